The number of benzene rings is 1. The topological polar surface area (TPSA) is 91.1 Å². The molecule has 0 unspecified atom stereocenters. The van der Waals surface area contributed by atoms with Crippen LogP contribution in [0.4, 0.5) is 0 Å². The largest absolute Gasteiger partial charge is 0.337 e. The first-order valence-corrected chi connectivity index (χ1v) is 9.73. The first-order chi connectivity index (χ1) is 13.8. The van der Waals surface area contributed by atoms with Crippen molar-refractivity contribution in [3.63, 3.8) is 0 Å². The lowest BCUT2D eigenvalue weighted by Crippen LogP contribution is -2.23. The molecule has 0 saturated heterocycles. The van der Waals surface area contributed by atoms with Crippen molar-refractivity contribution in [3.8, 4) is 11.4 Å². The highest BCUT2D eigenvalue weighted by molar-refractivity contribution is 5.54. The molecular formula is C21H24N6O2. The number of hydrogen-bond acceptors (Lipinski definition) is 6. The van der Waals surface area contributed by atoms with Gasteiger partial charge in [0.1, 0.15) is 12.4 Å². The van der Waals surface area contributed by atoms with Crippen LogP contribution in [0.5, 0.6) is 0 Å². The highest BCUT2D eigenvalue weighted by atomic mass is 16.5. The first-order valence-electron chi connectivity index (χ1n) is 9.73. The van der Waals surface area contributed by atoms with E-state index in [1.54, 1.807) is 10.7 Å². The van der Waals surface area contributed by atoms with Crippen LogP contribution in [0.3, 0.4) is 0 Å². The van der Waals surface area contributed by atoms with Crippen LogP contribution in [0, 0.1) is 6.92 Å². The molecule has 0 spiro atoms. The zero-order valence-electron chi connectivity index (χ0n) is 17.2. The summed E-state index contributed by atoms with van der Waals surface area (Å²) in [5.41, 5.74) is 2.69. The van der Waals surface area contributed by atoms with Crippen LogP contribution in [0.15, 0.2) is 39.6 Å². The Bertz CT molecular complexity index is 1210. The molecule has 4 rings (SSSR count). The number of nitrogens with zero attached hydrogens (tertiary/aromatic N) is 6. The average molecular weight is 392 g/mol. The zero-order valence-corrected chi connectivity index (χ0v) is 17.2. The fraction of sp³-hybridized carbons (Fsp3) is 0.381. The van der Waals surface area contributed by atoms with Crippen molar-refractivity contribution in [1.82, 2.24) is 29.3 Å². The minimum Gasteiger partial charge on any atom is -0.337 e. The smallest absolute Gasteiger partial charge is 0.274 e. The van der Waals surface area contributed by atoms with Crippen LogP contribution in [0.25, 0.3) is 17.2 Å². The monoisotopic (exact) mass is 392 g/mol. The fourth-order valence-electron chi connectivity index (χ4n) is 3.19. The first kappa shape index (κ1) is 19.0. The van der Waals surface area contributed by atoms with Gasteiger partial charge in [-0.25, -0.2) is 4.98 Å². The SMILES string of the molecule is Cc1nc2nc(C(C)C)cc(=O)n2n1Cc1nc(-c2ccc(C(C)C)cc2)no1. The number of hydrogen-bond donors (Lipinski definition) is 0. The Morgan fingerprint density at radius 3 is 2.38 bits per heavy atom. The summed E-state index contributed by atoms with van der Waals surface area (Å²) in [6, 6.07) is 9.67. The van der Waals surface area contributed by atoms with Crippen LogP contribution in [0.2, 0.25) is 0 Å². The molecule has 150 valence electrons. The van der Waals surface area contributed by atoms with Crippen LogP contribution in [0.1, 0.15) is 62.5 Å². The van der Waals surface area contributed by atoms with Gasteiger partial charge in [-0.1, -0.05) is 57.1 Å². The maximum Gasteiger partial charge on any atom is 0.274 e. The molecule has 0 N–H and O–H groups in total. The fourth-order valence-corrected chi connectivity index (χ4v) is 3.19. The van der Waals surface area contributed by atoms with Gasteiger partial charge in [0.05, 0.1) is 5.69 Å². The van der Waals surface area contributed by atoms with E-state index < -0.39 is 0 Å². The molecule has 0 radical (unpaired) electrons. The second-order valence-electron chi connectivity index (χ2n) is 7.79. The highest BCUT2D eigenvalue weighted by Crippen LogP contribution is 2.21. The zero-order chi connectivity index (χ0) is 20.7. The van der Waals surface area contributed by atoms with Crippen molar-refractivity contribution in [2.45, 2.75) is 53.0 Å². The maximum absolute atomic E-state index is 12.6. The summed E-state index contributed by atoms with van der Waals surface area (Å²) >= 11 is 0. The Morgan fingerprint density at radius 2 is 1.72 bits per heavy atom. The van der Waals surface area contributed by atoms with E-state index in [9.17, 15) is 4.79 Å². The summed E-state index contributed by atoms with van der Waals surface area (Å²) in [4.78, 5) is 26.1. The predicted octanol–water partition coefficient (Wildman–Crippen LogP) is 3.54. The Morgan fingerprint density at radius 1 is 1.00 bits per heavy atom. The normalized spacial score (nSPS) is 11.8. The number of rotatable bonds is 5. The third kappa shape index (κ3) is 3.57. The molecule has 4 aromatic rings. The number of aromatic nitrogens is 6. The van der Waals surface area contributed by atoms with Crippen LogP contribution in [-0.4, -0.2) is 29.3 Å². The molecule has 3 heterocycles. The molecule has 8 nitrogen and oxygen atoms in total. The van der Waals surface area contributed by atoms with E-state index >= 15 is 0 Å². The van der Waals surface area contributed by atoms with Gasteiger partial charge >= 0.3 is 0 Å². The maximum atomic E-state index is 12.6. The van der Waals surface area contributed by atoms with Gasteiger partial charge in [0.15, 0.2) is 0 Å². The van der Waals surface area contributed by atoms with Gasteiger partial charge in [0.2, 0.25) is 11.7 Å². The second-order valence-corrected chi connectivity index (χ2v) is 7.79. The van der Waals surface area contributed by atoms with Gasteiger partial charge < -0.3 is 4.52 Å². The van der Waals surface area contributed by atoms with Crippen LogP contribution in [-0.2, 0) is 6.54 Å². The van der Waals surface area contributed by atoms with Gasteiger partial charge in [-0.3, -0.25) is 9.48 Å². The lowest BCUT2D eigenvalue weighted by molar-refractivity contribution is 0.361. The molecule has 3 aromatic heterocycles. The molecule has 0 fully saturated rings. The summed E-state index contributed by atoms with van der Waals surface area (Å²) in [6.07, 6.45) is 0. The van der Waals surface area contributed by atoms with Crippen LogP contribution < -0.4 is 5.56 Å². The third-order valence-electron chi connectivity index (χ3n) is 4.96. The summed E-state index contributed by atoms with van der Waals surface area (Å²) in [5, 5.41) is 4.09. The molecular weight excluding hydrogens is 368 g/mol. The van der Waals surface area contributed by atoms with Gasteiger partial charge in [0.25, 0.3) is 11.3 Å². The van der Waals surface area contributed by atoms with Crippen molar-refractivity contribution < 1.29 is 4.52 Å². The summed E-state index contributed by atoms with van der Waals surface area (Å²) in [7, 11) is 0. The lowest BCUT2D eigenvalue weighted by Gasteiger charge is -2.06. The van der Waals surface area contributed by atoms with Gasteiger partial charge in [-0.05, 0) is 24.3 Å². The molecule has 1 aromatic carbocycles. The van der Waals surface area contributed by atoms with Crippen molar-refractivity contribution in [2.75, 3.05) is 0 Å². The minimum atomic E-state index is -0.177. The standard InChI is InChI=1S/C21H24N6O2/c1-12(2)15-6-8-16(9-7-15)20-24-18(29-25-20)11-26-14(5)22-21-23-17(13(3)4)10-19(28)27(21)26/h6-10,12-13H,11H2,1-5H3. The Labute approximate surface area is 168 Å². The van der Waals surface area contributed by atoms with Crippen molar-refractivity contribution in [2.24, 2.45) is 0 Å². The van der Waals surface area contributed by atoms with E-state index in [1.807, 2.05) is 32.9 Å². The minimum absolute atomic E-state index is 0.152. The summed E-state index contributed by atoms with van der Waals surface area (Å²) in [5.74, 6) is 2.56. The van der Waals surface area contributed by atoms with E-state index in [-0.39, 0.29) is 18.0 Å². The predicted molar refractivity (Wildman–Crippen MR) is 109 cm³/mol. The molecule has 29 heavy (non-hydrogen) atoms. The second kappa shape index (κ2) is 7.27. The quantitative estimate of drug-likeness (QED) is 0.516. The van der Waals surface area contributed by atoms with E-state index in [2.05, 4.69) is 46.1 Å². The van der Waals surface area contributed by atoms with Gasteiger partial charge in [-0.2, -0.15) is 14.5 Å². The van der Waals surface area contributed by atoms with E-state index in [0.29, 0.717) is 29.2 Å². The Balaban J connectivity index is 1.66. The van der Waals surface area contributed by atoms with Gasteiger partial charge in [0, 0.05) is 11.6 Å². The third-order valence-corrected chi connectivity index (χ3v) is 4.96. The highest BCUT2D eigenvalue weighted by Gasteiger charge is 2.16. The molecule has 8 heteroatoms. The molecule has 0 atom stereocenters. The van der Waals surface area contributed by atoms with E-state index in [1.165, 1.54) is 10.1 Å². The average Bonchev–Trinajstić information content (AvgIpc) is 3.27. The number of fused-ring (bicyclic) bond motifs is 1. The molecule has 0 saturated carbocycles. The summed E-state index contributed by atoms with van der Waals surface area (Å²) < 4.78 is 8.58. The molecule has 0 aliphatic carbocycles. The molecule has 0 aliphatic heterocycles. The van der Waals surface area contributed by atoms with E-state index in [4.69, 9.17) is 4.52 Å². The van der Waals surface area contributed by atoms with Crippen molar-refractivity contribution in [1.29, 1.82) is 0 Å². The molecule has 0 bridgehead atoms. The lowest BCUT2D eigenvalue weighted by atomic mass is 10.0. The Kier molecular flexibility index (Phi) is 4.77. The van der Waals surface area contributed by atoms with E-state index in [0.717, 1.165) is 11.3 Å². The Hall–Kier alpha value is -3.29. The van der Waals surface area contributed by atoms with Crippen molar-refractivity contribution >= 4 is 5.78 Å². The van der Waals surface area contributed by atoms with Crippen LogP contribution >= 0.6 is 0 Å². The molecule has 0 amide bonds. The van der Waals surface area contributed by atoms with Gasteiger partial charge in [-0.15, -0.1) is 0 Å². The molecule has 0 aliphatic rings. The number of aryl methyl sites for hydroxylation is 1. The van der Waals surface area contributed by atoms with Crippen molar-refractivity contribution in [3.05, 3.63) is 63.7 Å². The summed E-state index contributed by atoms with van der Waals surface area (Å²) in [6.45, 7) is 10.4.